The number of likely N-dealkylation sites (N-methyl/N-ethyl adjacent to an activating group) is 1. The summed E-state index contributed by atoms with van der Waals surface area (Å²) in [6, 6.07) is 18.3. The minimum Gasteiger partial charge on any atom is -0.379 e. The van der Waals surface area contributed by atoms with Gasteiger partial charge < -0.3 is 21.3 Å². The molecule has 0 aromatic heterocycles. The normalized spacial score (nSPS) is 10.7. The molecule has 5 nitrogen and oxygen atoms in total. The van der Waals surface area contributed by atoms with E-state index in [2.05, 4.69) is 27.3 Å². The van der Waals surface area contributed by atoms with Gasteiger partial charge in [0.25, 0.3) is 5.91 Å². The molecule has 0 bridgehead atoms. The maximum Gasteiger partial charge on any atom is 0.251 e. The van der Waals surface area contributed by atoms with Gasteiger partial charge in [-0.25, -0.2) is 4.39 Å². The summed E-state index contributed by atoms with van der Waals surface area (Å²) in [6.45, 7) is 1.78. The van der Waals surface area contributed by atoms with Gasteiger partial charge in [-0.05, 0) is 49.0 Å². The lowest BCUT2D eigenvalue weighted by molar-refractivity contribution is 0.0954. The maximum absolute atomic E-state index is 13.2. The Morgan fingerprint density at radius 1 is 0.970 bits per heavy atom. The van der Waals surface area contributed by atoms with Crippen molar-refractivity contribution in [1.29, 1.82) is 0 Å². The zero-order valence-corrected chi connectivity index (χ0v) is 21.1. The highest BCUT2D eigenvalue weighted by atomic mass is 35.5. The van der Waals surface area contributed by atoms with Gasteiger partial charge in [-0.15, -0.1) is 37.2 Å². The minimum atomic E-state index is -0.258. The molecular formula is C23H26Cl3FN4OS. The molecule has 1 heterocycles. The van der Waals surface area contributed by atoms with Crippen LogP contribution in [0.25, 0.3) is 0 Å². The second kappa shape index (κ2) is 13.5. The number of para-hydroxylation sites is 1. The number of halogens is 4. The van der Waals surface area contributed by atoms with E-state index in [0.717, 1.165) is 32.4 Å². The fourth-order valence-electron chi connectivity index (χ4n) is 3.21. The molecule has 1 aliphatic rings. The Morgan fingerprint density at radius 2 is 1.70 bits per heavy atom. The summed E-state index contributed by atoms with van der Waals surface area (Å²) in [7, 11) is 1.85. The van der Waals surface area contributed by atoms with E-state index in [-0.39, 0.29) is 48.9 Å². The molecule has 3 aromatic carbocycles. The van der Waals surface area contributed by atoms with Crippen LogP contribution in [0, 0.1) is 5.82 Å². The van der Waals surface area contributed by atoms with Gasteiger partial charge in [-0.2, -0.15) is 0 Å². The highest BCUT2D eigenvalue weighted by Crippen LogP contribution is 2.47. The molecule has 1 aliphatic heterocycles. The van der Waals surface area contributed by atoms with E-state index in [1.165, 1.54) is 12.1 Å². The van der Waals surface area contributed by atoms with Crippen LogP contribution in [0.15, 0.2) is 70.5 Å². The van der Waals surface area contributed by atoms with Crippen molar-refractivity contribution in [2.75, 3.05) is 30.8 Å². The van der Waals surface area contributed by atoms with E-state index in [0.29, 0.717) is 25.2 Å². The van der Waals surface area contributed by atoms with E-state index >= 15 is 0 Å². The van der Waals surface area contributed by atoms with Gasteiger partial charge in [0.05, 0.1) is 17.1 Å². The molecule has 0 spiro atoms. The average molecular weight is 532 g/mol. The number of carbonyl (C=O) groups excluding carboxylic acids is 1. The van der Waals surface area contributed by atoms with Gasteiger partial charge in [0, 0.05) is 35.0 Å². The summed E-state index contributed by atoms with van der Waals surface area (Å²) < 4.78 is 13.2. The summed E-state index contributed by atoms with van der Waals surface area (Å²) >= 11 is 1.64. The zero-order chi connectivity index (χ0) is 20.9. The van der Waals surface area contributed by atoms with Crippen molar-refractivity contribution in [3.8, 4) is 0 Å². The Morgan fingerprint density at radius 3 is 2.42 bits per heavy atom. The molecule has 0 radical (unpaired) electrons. The summed E-state index contributed by atoms with van der Waals surface area (Å²) in [5, 5.41) is 12.9. The molecule has 1 amide bonds. The third-order valence-corrected chi connectivity index (χ3v) is 5.91. The van der Waals surface area contributed by atoms with Crippen molar-refractivity contribution < 1.29 is 9.18 Å². The molecule has 0 atom stereocenters. The van der Waals surface area contributed by atoms with Gasteiger partial charge in [-0.3, -0.25) is 4.79 Å². The first-order valence-corrected chi connectivity index (χ1v) is 10.6. The first-order chi connectivity index (χ1) is 14.6. The molecule has 0 unspecified atom stereocenters. The highest BCUT2D eigenvalue weighted by molar-refractivity contribution is 7.99. The molecule has 33 heavy (non-hydrogen) atoms. The summed E-state index contributed by atoms with van der Waals surface area (Å²) in [6.07, 6.45) is 0. The standard InChI is InChI=1S/C23H23FN4OS.3ClH/c1-25-10-11-26-23(29)16-12-19(27-14-15-6-8-17(24)9-7-15)22-21(13-16)30-20-5-3-2-4-18(20)28-22;;;/h2-9,12-13,25,27-28H,10-11,14H2,1H3,(H,26,29);3*1H. The molecular weight excluding hydrogens is 506 g/mol. The van der Waals surface area contributed by atoms with Crippen LogP contribution in [-0.4, -0.2) is 26.0 Å². The number of amides is 1. The van der Waals surface area contributed by atoms with Crippen LogP contribution in [-0.2, 0) is 6.54 Å². The van der Waals surface area contributed by atoms with E-state index in [1.807, 2.05) is 37.4 Å². The molecule has 3 aromatic rings. The number of rotatable bonds is 7. The Labute approximate surface area is 215 Å². The molecule has 4 N–H and O–H groups in total. The van der Waals surface area contributed by atoms with Crippen molar-refractivity contribution in [2.24, 2.45) is 0 Å². The lowest BCUT2D eigenvalue weighted by Crippen LogP contribution is -2.30. The van der Waals surface area contributed by atoms with Crippen molar-refractivity contribution >= 4 is 72.0 Å². The number of carbonyl (C=O) groups is 1. The van der Waals surface area contributed by atoms with Crippen LogP contribution in [0.2, 0.25) is 0 Å². The Hall–Kier alpha value is -2.16. The van der Waals surface area contributed by atoms with Crippen LogP contribution in [0.5, 0.6) is 0 Å². The first kappa shape index (κ1) is 28.9. The molecule has 0 aliphatic carbocycles. The van der Waals surface area contributed by atoms with Crippen LogP contribution in [0.1, 0.15) is 15.9 Å². The zero-order valence-electron chi connectivity index (χ0n) is 17.8. The number of hydrogen-bond donors (Lipinski definition) is 4. The number of fused-ring (bicyclic) bond motifs is 2. The summed E-state index contributed by atoms with van der Waals surface area (Å²) in [5.41, 5.74) is 4.36. The fourth-order valence-corrected chi connectivity index (χ4v) is 4.27. The third kappa shape index (κ3) is 7.16. The maximum atomic E-state index is 13.2. The van der Waals surface area contributed by atoms with Gasteiger partial charge >= 0.3 is 0 Å². The molecule has 178 valence electrons. The van der Waals surface area contributed by atoms with Crippen molar-refractivity contribution in [3.05, 3.63) is 77.6 Å². The van der Waals surface area contributed by atoms with Gasteiger partial charge in [0.15, 0.2) is 0 Å². The van der Waals surface area contributed by atoms with Crippen LogP contribution >= 0.6 is 49.0 Å². The number of hydrogen-bond acceptors (Lipinski definition) is 5. The highest BCUT2D eigenvalue weighted by Gasteiger charge is 2.21. The topological polar surface area (TPSA) is 65.2 Å². The minimum absolute atomic E-state index is 0. The van der Waals surface area contributed by atoms with Gasteiger partial charge in [0.2, 0.25) is 0 Å². The molecule has 10 heteroatoms. The quantitative estimate of drug-likeness (QED) is 0.225. The fraction of sp³-hybridized carbons (Fsp3) is 0.174. The predicted octanol–water partition coefficient (Wildman–Crippen LogP) is 5.86. The summed E-state index contributed by atoms with van der Waals surface area (Å²) in [4.78, 5) is 14.8. The van der Waals surface area contributed by atoms with E-state index < -0.39 is 0 Å². The Balaban J connectivity index is 0.00000181. The Bertz CT molecular complexity index is 1070. The van der Waals surface area contributed by atoms with E-state index in [9.17, 15) is 9.18 Å². The smallest absolute Gasteiger partial charge is 0.251 e. The predicted molar refractivity (Wildman–Crippen MR) is 142 cm³/mol. The number of nitrogens with one attached hydrogen (secondary N) is 4. The monoisotopic (exact) mass is 530 g/mol. The largest absolute Gasteiger partial charge is 0.379 e. The van der Waals surface area contributed by atoms with Crippen molar-refractivity contribution in [1.82, 2.24) is 10.6 Å². The van der Waals surface area contributed by atoms with Crippen LogP contribution < -0.4 is 21.3 Å². The average Bonchev–Trinajstić information content (AvgIpc) is 2.77. The first-order valence-electron chi connectivity index (χ1n) is 9.77. The van der Waals surface area contributed by atoms with Crippen molar-refractivity contribution in [3.63, 3.8) is 0 Å². The van der Waals surface area contributed by atoms with Crippen LogP contribution in [0.4, 0.5) is 21.5 Å². The Kier molecular flexibility index (Phi) is 11.8. The van der Waals surface area contributed by atoms with Crippen molar-refractivity contribution in [2.45, 2.75) is 16.3 Å². The second-order valence-corrected chi connectivity index (χ2v) is 8.04. The van der Waals surface area contributed by atoms with Gasteiger partial charge in [-0.1, -0.05) is 36.0 Å². The SMILES string of the molecule is CNCCNC(=O)c1cc(NCc2ccc(F)cc2)c2c(c1)Sc1ccccc1N2.Cl.Cl.Cl. The lowest BCUT2D eigenvalue weighted by atomic mass is 10.1. The van der Waals surface area contributed by atoms with Crippen LogP contribution in [0.3, 0.4) is 0 Å². The third-order valence-electron chi connectivity index (χ3n) is 4.79. The molecule has 0 saturated carbocycles. The van der Waals surface area contributed by atoms with Gasteiger partial charge in [0.1, 0.15) is 5.82 Å². The van der Waals surface area contributed by atoms with E-state index in [1.54, 1.807) is 23.9 Å². The lowest BCUT2D eigenvalue weighted by Gasteiger charge is -2.25. The molecule has 0 fully saturated rings. The molecule has 4 rings (SSSR count). The number of anilines is 3. The summed E-state index contributed by atoms with van der Waals surface area (Å²) in [5.74, 6) is -0.372. The van der Waals surface area contributed by atoms with E-state index in [4.69, 9.17) is 0 Å². The number of benzene rings is 3. The second-order valence-electron chi connectivity index (χ2n) is 6.96. The molecule has 0 saturated heterocycles.